The van der Waals surface area contributed by atoms with Crippen LogP contribution in [0.1, 0.15) is 16.5 Å². The Labute approximate surface area is 167 Å². The standard InChI is InChI=1S/C18H24N4O3S2/c1-13-14(26-12-9-22-7-10-25-11-8-22)3-4-19-15(13)16(17(23)24-2)27-18-20-5-6-21-18/h3-6,16H,7-12H2,1-2H3,(H,20,21). The van der Waals surface area contributed by atoms with Crippen molar-refractivity contribution in [1.29, 1.82) is 0 Å². The lowest BCUT2D eigenvalue weighted by Gasteiger charge is -2.26. The maximum Gasteiger partial charge on any atom is 0.325 e. The molecule has 3 heterocycles. The number of carbonyl (C=O) groups is 1. The molecule has 3 rings (SSSR count). The number of morpholine rings is 1. The molecule has 2 aromatic heterocycles. The molecule has 1 aliphatic heterocycles. The largest absolute Gasteiger partial charge is 0.468 e. The van der Waals surface area contributed by atoms with E-state index in [0.29, 0.717) is 5.16 Å². The molecule has 1 aliphatic rings. The summed E-state index contributed by atoms with van der Waals surface area (Å²) in [7, 11) is 1.40. The monoisotopic (exact) mass is 408 g/mol. The second-order valence-electron chi connectivity index (χ2n) is 6.04. The maximum atomic E-state index is 12.4. The van der Waals surface area contributed by atoms with Crippen molar-refractivity contribution >= 4 is 29.5 Å². The third-order valence-electron chi connectivity index (χ3n) is 4.33. The predicted octanol–water partition coefficient (Wildman–Crippen LogP) is 2.54. The number of aromatic amines is 1. The van der Waals surface area contributed by atoms with Crippen molar-refractivity contribution in [3.8, 4) is 0 Å². The molecule has 0 aliphatic carbocycles. The molecule has 2 aromatic rings. The number of H-pyrrole nitrogens is 1. The van der Waals surface area contributed by atoms with Crippen molar-refractivity contribution in [2.45, 2.75) is 22.2 Å². The van der Waals surface area contributed by atoms with E-state index < -0.39 is 5.25 Å². The highest BCUT2D eigenvalue weighted by molar-refractivity contribution is 8.00. The Morgan fingerprint density at radius 3 is 2.89 bits per heavy atom. The molecule has 0 radical (unpaired) electrons. The lowest BCUT2D eigenvalue weighted by atomic mass is 10.1. The Hall–Kier alpha value is -1.55. The second kappa shape index (κ2) is 10.1. The van der Waals surface area contributed by atoms with E-state index in [2.05, 4.69) is 19.9 Å². The fourth-order valence-corrected chi connectivity index (χ4v) is 4.88. The Bertz CT molecular complexity index is 736. The van der Waals surface area contributed by atoms with Crippen LogP contribution in [0.4, 0.5) is 0 Å². The minimum atomic E-state index is -0.555. The SMILES string of the molecule is COC(=O)C(Sc1ncc[nH]1)c1nccc(SCCN2CCOCC2)c1C. The Kier molecular flexibility index (Phi) is 7.57. The van der Waals surface area contributed by atoms with Gasteiger partial charge >= 0.3 is 5.97 Å². The first-order valence-corrected chi connectivity index (χ1v) is 10.7. The van der Waals surface area contributed by atoms with Crippen LogP contribution in [0.2, 0.25) is 0 Å². The topological polar surface area (TPSA) is 80.3 Å². The molecule has 1 fully saturated rings. The molecule has 1 atom stereocenters. The number of nitrogens with zero attached hydrogens (tertiary/aromatic N) is 3. The van der Waals surface area contributed by atoms with Gasteiger partial charge in [-0.15, -0.1) is 11.8 Å². The average molecular weight is 409 g/mol. The number of esters is 1. The number of methoxy groups -OCH3 is 1. The molecule has 0 amide bonds. The van der Waals surface area contributed by atoms with E-state index in [-0.39, 0.29) is 5.97 Å². The summed E-state index contributed by atoms with van der Waals surface area (Å²) in [6.45, 7) is 6.64. The van der Waals surface area contributed by atoms with Crippen molar-refractivity contribution in [3.05, 3.63) is 35.9 Å². The van der Waals surface area contributed by atoms with Gasteiger partial charge < -0.3 is 14.5 Å². The van der Waals surface area contributed by atoms with Gasteiger partial charge in [-0.2, -0.15) is 0 Å². The highest BCUT2D eigenvalue weighted by Gasteiger charge is 2.28. The number of carbonyl (C=O) groups excluding carboxylic acids is 1. The van der Waals surface area contributed by atoms with Gasteiger partial charge in [-0.1, -0.05) is 11.8 Å². The van der Waals surface area contributed by atoms with Crippen molar-refractivity contribution in [3.63, 3.8) is 0 Å². The van der Waals surface area contributed by atoms with Gasteiger partial charge in [0.15, 0.2) is 10.4 Å². The summed E-state index contributed by atoms with van der Waals surface area (Å²) in [6, 6.07) is 2.01. The van der Waals surface area contributed by atoms with E-state index in [1.807, 2.05) is 13.0 Å². The van der Waals surface area contributed by atoms with Gasteiger partial charge in [-0.05, 0) is 18.6 Å². The fraction of sp³-hybridized carbons (Fsp3) is 0.500. The Balaban J connectivity index is 1.70. The highest BCUT2D eigenvalue weighted by atomic mass is 32.2. The minimum absolute atomic E-state index is 0.331. The molecule has 0 spiro atoms. The van der Waals surface area contributed by atoms with Gasteiger partial charge in [0.05, 0.1) is 26.0 Å². The van der Waals surface area contributed by atoms with Gasteiger partial charge in [0, 0.05) is 48.9 Å². The molecule has 0 aromatic carbocycles. The highest BCUT2D eigenvalue weighted by Crippen LogP contribution is 2.37. The first-order valence-electron chi connectivity index (χ1n) is 8.81. The summed E-state index contributed by atoms with van der Waals surface area (Å²) in [4.78, 5) is 27.6. The van der Waals surface area contributed by atoms with Crippen LogP contribution in [0.5, 0.6) is 0 Å². The van der Waals surface area contributed by atoms with E-state index in [4.69, 9.17) is 9.47 Å². The lowest BCUT2D eigenvalue weighted by molar-refractivity contribution is -0.140. The predicted molar refractivity (Wildman–Crippen MR) is 106 cm³/mol. The van der Waals surface area contributed by atoms with Crippen LogP contribution in [-0.2, 0) is 14.3 Å². The van der Waals surface area contributed by atoms with E-state index in [1.54, 1.807) is 30.4 Å². The molecule has 0 bridgehead atoms. The summed E-state index contributed by atoms with van der Waals surface area (Å²) >= 11 is 3.11. The summed E-state index contributed by atoms with van der Waals surface area (Å²) in [6.07, 6.45) is 5.15. The number of aromatic nitrogens is 3. The maximum absolute atomic E-state index is 12.4. The number of hydrogen-bond donors (Lipinski definition) is 1. The first-order chi connectivity index (χ1) is 13.2. The van der Waals surface area contributed by atoms with Crippen molar-refractivity contribution in [1.82, 2.24) is 19.9 Å². The molecule has 146 valence electrons. The van der Waals surface area contributed by atoms with Crippen LogP contribution < -0.4 is 0 Å². The number of rotatable bonds is 8. The molecule has 27 heavy (non-hydrogen) atoms. The zero-order chi connectivity index (χ0) is 19.1. The van der Waals surface area contributed by atoms with Gasteiger partial charge in [-0.25, -0.2) is 4.98 Å². The smallest absolute Gasteiger partial charge is 0.325 e. The van der Waals surface area contributed by atoms with E-state index >= 15 is 0 Å². The number of nitrogens with one attached hydrogen (secondary N) is 1. The quantitative estimate of drug-likeness (QED) is 0.527. The molecule has 1 unspecified atom stereocenters. The van der Waals surface area contributed by atoms with Crippen LogP contribution in [0.25, 0.3) is 0 Å². The molecule has 0 saturated carbocycles. The van der Waals surface area contributed by atoms with Crippen LogP contribution in [-0.4, -0.2) is 71.5 Å². The van der Waals surface area contributed by atoms with Crippen molar-refractivity contribution in [2.75, 3.05) is 45.7 Å². The van der Waals surface area contributed by atoms with Crippen LogP contribution in [0.3, 0.4) is 0 Å². The number of hydrogen-bond acceptors (Lipinski definition) is 8. The normalized spacial score (nSPS) is 16.2. The Morgan fingerprint density at radius 1 is 1.37 bits per heavy atom. The van der Waals surface area contributed by atoms with Crippen molar-refractivity contribution < 1.29 is 14.3 Å². The number of pyridine rings is 1. The third kappa shape index (κ3) is 5.47. The van der Waals surface area contributed by atoms with Crippen LogP contribution in [0, 0.1) is 6.92 Å². The number of thioether (sulfide) groups is 2. The van der Waals surface area contributed by atoms with Gasteiger partial charge in [0.25, 0.3) is 0 Å². The summed E-state index contributed by atoms with van der Waals surface area (Å²) in [5, 5.41) is 0.109. The van der Waals surface area contributed by atoms with Crippen LogP contribution >= 0.6 is 23.5 Å². The van der Waals surface area contributed by atoms with Gasteiger partial charge in [0.2, 0.25) is 0 Å². The second-order valence-corrected chi connectivity index (χ2v) is 8.27. The molecular weight excluding hydrogens is 384 g/mol. The van der Waals surface area contributed by atoms with E-state index in [9.17, 15) is 4.79 Å². The first kappa shape index (κ1) is 20.2. The average Bonchev–Trinajstić information content (AvgIpc) is 3.21. The summed E-state index contributed by atoms with van der Waals surface area (Å²) in [5.74, 6) is 0.654. The molecule has 1 saturated heterocycles. The van der Waals surface area contributed by atoms with Gasteiger partial charge in [-0.3, -0.25) is 14.7 Å². The van der Waals surface area contributed by atoms with E-state index in [1.165, 1.54) is 18.9 Å². The summed E-state index contributed by atoms with van der Waals surface area (Å²) < 4.78 is 10.4. The molecular formula is C18H24N4O3S2. The van der Waals surface area contributed by atoms with E-state index in [0.717, 1.165) is 54.8 Å². The molecule has 1 N–H and O–H groups in total. The zero-order valence-corrected chi connectivity index (χ0v) is 17.1. The van der Waals surface area contributed by atoms with Crippen molar-refractivity contribution in [2.24, 2.45) is 0 Å². The minimum Gasteiger partial charge on any atom is -0.468 e. The number of imidazole rings is 1. The van der Waals surface area contributed by atoms with Crippen LogP contribution in [0.15, 0.2) is 34.7 Å². The lowest BCUT2D eigenvalue weighted by Crippen LogP contribution is -2.37. The Morgan fingerprint density at radius 2 is 2.19 bits per heavy atom. The van der Waals surface area contributed by atoms with Gasteiger partial charge in [0.1, 0.15) is 0 Å². The summed E-state index contributed by atoms with van der Waals surface area (Å²) in [5.41, 5.74) is 1.73. The fourth-order valence-electron chi connectivity index (χ4n) is 2.81. The zero-order valence-electron chi connectivity index (χ0n) is 15.5. The number of ether oxygens (including phenoxy) is 2. The molecule has 7 nitrogen and oxygen atoms in total. The molecule has 9 heteroatoms. The third-order valence-corrected chi connectivity index (χ3v) is 6.57.